The molecule has 0 spiro atoms. The van der Waals surface area contributed by atoms with E-state index in [1.165, 1.54) is 0 Å². The van der Waals surface area contributed by atoms with Gasteiger partial charge in [-0.3, -0.25) is 0 Å². The normalized spacial score (nSPS) is 21.4. The van der Waals surface area contributed by atoms with Gasteiger partial charge < -0.3 is 24.7 Å². The number of nitrogens with two attached hydrogens (primary N) is 1. The Morgan fingerprint density at radius 3 is 2.61 bits per heavy atom. The molecule has 0 amide bonds. The molecule has 0 bridgehead atoms. The molecule has 2 rings (SSSR count). The fourth-order valence-corrected chi connectivity index (χ4v) is 1.99. The molecule has 100 valence electrons. The number of hydrogen-bond acceptors (Lipinski definition) is 5. The molecule has 0 radical (unpaired) electrons. The van der Waals surface area contributed by atoms with E-state index in [1.54, 1.807) is 14.2 Å². The number of rotatable bonds is 4. The second kappa shape index (κ2) is 6.04. The summed E-state index contributed by atoms with van der Waals surface area (Å²) in [7, 11) is 3.21. The first-order chi connectivity index (χ1) is 8.76. The molecular weight excluding hydrogens is 234 g/mol. The molecule has 0 saturated carbocycles. The summed E-state index contributed by atoms with van der Waals surface area (Å²) in [6, 6.07) is 5.41. The van der Waals surface area contributed by atoms with Crippen molar-refractivity contribution in [2.24, 2.45) is 5.73 Å². The van der Waals surface area contributed by atoms with Crippen LogP contribution < -0.4 is 15.2 Å². The molecule has 0 aromatic heterocycles. The van der Waals surface area contributed by atoms with Crippen molar-refractivity contribution in [2.75, 3.05) is 34.0 Å². The molecule has 2 N–H and O–H groups in total. The van der Waals surface area contributed by atoms with Crippen molar-refractivity contribution < 1.29 is 18.9 Å². The van der Waals surface area contributed by atoms with Gasteiger partial charge in [0.2, 0.25) is 0 Å². The van der Waals surface area contributed by atoms with Crippen molar-refractivity contribution in [3.8, 4) is 11.5 Å². The molecule has 1 aliphatic heterocycles. The topological polar surface area (TPSA) is 62.9 Å². The van der Waals surface area contributed by atoms with Gasteiger partial charge in [-0.1, -0.05) is 6.07 Å². The van der Waals surface area contributed by atoms with Gasteiger partial charge in [-0.25, -0.2) is 0 Å². The minimum atomic E-state index is -0.231. The van der Waals surface area contributed by atoms with Gasteiger partial charge in [0.1, 0.15) is 6.10 Å². The van der Waals surface area contributed by atoms with E-state index in [1.807, 2.05) is 18.2 Å². The maximum Gasteiger partial charge on any atom is 0.161 e. The Bertz CT molecular complexity index is 391. The molecule has 18 heavy (non-hydrogen) atoms. The van der Waals surface area contributed by atoms with Gasteiger partial charge in [0, 0.05) is 0 Å². The summed E-state index contributed by atoms with van der Waals surface area (Å²) in [5.41, 5.74) is 7.13. The van der Waals surface area contributed by atoms with Gasteiger partial charge in [0.15, 0.2) is 11.5 Å². The van der Waals surface area contributed by atoms with Gasteiger partial charge in [0.05, 0.1) is 40.1 Å². The summed E-state index contributed by atoms with van der Waals surface area (Å²) in [6.45, 7) is 1.75. The second-order valence-electron chi connectivity index (χ2n) is 4.12. The van der Waals surface area contributed by atoms with Gasteiger partial charge in [-0.15, -0.1) is 0 Å². The third-order valence-electron chi connectivity index (χ3n) is 3.03. The highest BCUT2D eigenvalue weighted by Crippen LogP contribution is 2.31. The van der Waals surface area contributed by atoms with Gasteiger partial charge in [-0.2, -0.15) is 0 Å². The van der Waals surface area contributed by atoms with Crippen LogP contribution in [0, 0.1) is 0 Å². The van der Waals surface area contributed by atoms with Crippen molar-refractivity contribution >= 4 is 0 Å². The standard InChI is InChI=1S/C13H19NO4/c1-15-10-4-3-9(7-11(10)16-2)13(14)12-8-17-5-6-18-12/h3-4,7,12-13H,5-6,8,14H2,1-2H3. The van der Waals surface area contributed by atoms with Crippen molar-refractivity contribution in [3.05, 3.63) is 23.8 Å². The van der Waals surface area contributed by atoms with Crippen molar-refractivity contribution in [2.45, 2.75) is 12.1 Å². The van der Waals surface area contributed by atoms with Crippen LogP contribution in [-0.4, -0.2) is 40.1 Å². The van der Waals surface area contributed by atoms with E-state index < -0.39 is 0 Å². The monoisotopic (exact) mass is 253 g/mol. The molecule has 1 fully saturated rings. The molecular formula is C13H19NO4. The van der Waals surface area contributed by atoms with Crippen LogP contribution in [0.15, 0.2) is 18.2 Å². The highest BCUT2D eigenvalue weighted by molar-refractivity contribution is 5.44. The zero-order valence-electron chi connectivity index (χ0n) is 10.7. The predicted octanol–water partition coefficient (Wildman–Crippen LogP) is 1.12. The lowest BCUT2D eigenvalue weighted by atomic mass is 10.0. The largest absolute Gasteiger partial charge is 0.493 e. The van der Waals surface area contributed by atoms with E-state index in [4.69, 9.17) is 24.7 Å². The molecule has 1 aromatic rings. The minimum Gasteiger partial charge on any atom is -0.493 e. The average Bonchev–Trinajstić information content (AvgIpc) is 2.46. The van der Waals surface area contributed by atoms with Crippen LogP contribution in [0.25, 0.3) is 0 Å². The maximum absolute atomic E-state index is 6.18. The van der Waals surface area contributed by atoms with Gasteiger partial charge in [0.25, 0.3) is 0 Å². The lowest BCUT2D eigenvalue weighted by Crippen LogP contribution is -2.37. The van der Waals surface area contributed by atoms with Crippen LogP contribution >= 0.6 is 0 Å². The summed E-state index contributed by atoms with van der Waals surface area (Å²) in [5, 5.41) is 0. The molecule has 1 aliphatic rings. The molecule has 2 atom stereocenters. The molecule has 5 heteroatoms. The average molecular weight is 253 g/mol. The summed E-state index contributed by atoms with van der Waals surface area (Å²) in [4.78, 5) is 0. The van der Waals surface area contributed by atoms with E-state index in [0.717, 1.165) is 5.56 Å². The summed E-state index contributed by atoms with van der Waals surface area (Å²) in [6.07, 6.45) is -0.114. The van der Waals surface area contributed by atoms with E-state index in [0.29, 0.717) is 31.3 Å². The molecule has 1 heterocycles. The van der Waals surface area contributed by atoms with Gasteiger partial charge >= 0.3 is 0 Å². The number of hydrogen-bond donors (Lipinski definition) is 1. The summed E-state index contributed by atoms with van der Waals surface area (Å²) >= 11 is 0. The van der Waals surface area contributed by atoms with Crippen LogP contribution in [0.2, 0.25) is 0 Å². The first-order valence-corrected chi connectivity index (χ1v) is 5.93. The number of methoxy groups -OCH3 is 2. The fourth-order valence-electron chi connectivity index (χ4n) is 1.99. The number of ether oxygens (including phenoxy) is 4. The summed E-state index contributed by atoms with van der Waals surface area (Å²) in [5.74, 6) is 1.36. The fraction of sp³-hybridized carbons (Fsp3) is 0.538. The third-order valence-corrected chi connectivity index (χ3v) is 3.03. The van der Waals surface area contributed by atoms with E-state index >= 15 is 0 Å². The van der Waals surface area contributed by atoms with E-state index in [2.05, 4.69) is 0 Å². The Kier molecular flexibility index (Phi) is 4.41. The van der Waals surface area contributed by atoms with Crippen LogP contribution in [0.1, 0.15) is 11.6 Å². The highest BCUT2D eigenvalue weighted by Gasteiger charge is 2.24. The predicted molar refractivity (Wildman–Crippen MR) is 67.0 cm³/mol. The minimum absolute atomic E-state index is 0.114. The SMILES string of the molecule is COc1ccc(C(N)C2COCCO2)cc1OC. The number of benzene rings is 1. The van der Waals surface area contributed by atoms with Gasteiger partial charge in [-0.05, 0) is 17.7 Å². The zero-order chi connectivity index (χ0) is 13.0. The molecule has 1 saturated heterocycles. The summed E-state index contributed by atoms with van der Waals surface area (Å²) < 4.78 is 21.4. The Labute approximate surface area is 107 Å². The Morgan fingerprint density at radius 1 is 1.22 bits per heavy atom. The third kappa shape index (κ3) is 2.75. The zero-order valence-corrected chi connectivity index (χ0v) is 10.7. The van der Waals surface area contributed by atoms with Crippen LogP contribution in [0.3, 0.4) is 0 Å². The molecule has 2 unspecified atom stereocenters. The second-order valence-corrected chi connectivity index (χ2v) is 4.12. The van der Waals surface area contributed by atoms with E-state index in [-0.39, 0.29) is 12.1 Å². The molecule has 0 aliphatic carbocycles. The first-order valence-electron chi connectivity index (χ1n) is 5.93. The quantitative estimate of drug-likeness (QED) is 0.871. The molecule has 5 nitrogen and oxygen atoms in total. The Hall–Kier alpha value is -1.30. The first kappa shape index (κ1) is 13.1. The lowest BCUT2D eigenvalue weighted by molar-refractivity contribution is -0.0975. The smallest absolute Gasteiger partial charge is 0.161 e. The van der Waals surface area contributed by atoms with Crippen molar-refractivity contribution in [1.82, 2.24) is 0 Å². The maximum atomic E-state index is 6.18. The van der Waals surface area contributed by atoms with Crippen LogP contribution in [0.4, 0.5) is 0 Å². The lowest BCUT2D eigenvalue weighted by Gasteiger charge is -2.28. The van der Waals surface area contributed by atoms with E-state index in [9.17, 15) is 0 Å². The Balaban J connectivity index is 2.16. The van der Waals surface area contributed by atoms with Crippen LogP contribution in [-0.2, 0) is 9.47 Å². The highest BCUT2D eigenvalue weighted by atomic mass is 16.6. The van der Waals surface area contributed by atoms with Crippen molar-refractivity contribution in [3.63, 3.8) is 0 Å². The van der Waals surface area contributed by atoms with Crippen LogP contribution in [0.5, 0.6) is 11.5 Å². The van der Waals surface area contributed by atoms with Crippen molar-refractivity contribution in [1.29, 1.82) is 0 Å². The molecule has 1 aromatic carbocycles. The Morgan fingerprint density at radius 2 is 2.00 bits per heavy atom.